The number of nitrogens with one attached hydrogen (secondary N) is 2. The van der Waals surface area contributed by atoms with Gasteiger partial charge in [-0.3, -0.25) is 9.78 Å². The molecular weight excluding hydrogens is 258 g/mol. The van der Waals surface area contributed by atoms with E-state index in [1.807, 2.05) is 6.07 Å². The van der Waals surface area contributed by atoms with Crippen LogP contribution in [0, 0.1) is 0 Å². The molecule has 110 valence electrons. The Morgan fingerprint density at radius 2 is 2.40 bits per heavy atom. The van der Waals surface area contributed by atoms with Crippen LogP contribution in [0.1, 0.15) is 23.8 Å². The largest absolute Gasteiger partial charge is 0.385 e. The number of aromatic nitrogens is 1. The van der Waals surface area contributed by atoms with Gasteiger partial charge in [-0.2, -0.15) is 0 Å². The van der Waals surface area contributed by atoms with Crippen molar-refractivity contribution >= 4 is 11.6 Å². The summed E-state index contributed by atoms with van der Waals surface area (Å²) in [7, 11) is 0. The van der Waals surface area contributed by atoms with Crippen LogP contribution in [0.4, 0.5) is 5.69 Å². The van der Waals surface area contributed by atoms with E-state index in [1.165, 1.54) is 0 Å². The number of hydrogen-bond acceptors (Lipinski definition) is 5. The lowest BCUT2D eigenvalue weighted by molar-refractivity contribution is -0.0855. The Balaban J connectivity index is 1.84. The van der Waals surface area contributed by atoms with Crippen molar-refractivity contribution in [2.45, 2.75) is 19.4 Å². The minimum atomic E-state index is -0.195. The van der Waals surface area contributed by atoms with Gasteiger partial charge in [0.2, 0.25) is 0 Å². The molecule has 2 rings (SSSR count). The van der Waals surface area contributed by atoms with Gasteiger partial charge in [-0.25, -0.2) is 0 Å². The monoisotopic (exact) mass is 279 g/mol. The fourth-order valence-electron chi connectivity index (χ4n) is 1.89. The van der Waals surface area contributed by atoms with Gasteiger partial charge in [-0.15, -0.1) is 0 Å². The number of rotatable bonds is 6. The van der Waals surface area contributed by atoms with Crippen molar-refractivity contribution in [3.8, 4) is 0 Å². The molecule has 1 amide bonds. The maximum absolute atomic E-state index is 12.0. The average Bonchev–Trinajstić information content (AvgIpc) is 2.52. The summed E-state index contributed by atoms with van der Waals surface area (Å²) in [4.78, 5) is 16.1. The predicted molar refractivity (Wildman–Crippen MR) is 75.9 cm³/mol. The van der Waals surface area contributed by atoms with E-state index in [9.17, 15) is 4.79 Å². The second kappa shape index (κ2) is 7.81. The number of carbonyl (C=O) groups excluding carboxylic acids is 1. The Kier molecular flexibility index (Phi) is 5.76. The van der Waals surface area contributed by atoms with Crippen molar-refractivity contribution in [3.05, 3.63) is 24.0 Å². The van der Waals surface area contributed by atoms with Crippen LogP contribution in [0.25, 0.3) is 0 Å². The number of pyridine rings is 1. The molecule has 1 aliphatic heterocycles. The number of ether oxygens (including phenoxy) is 2. The summed E-state index contributed by atoms with van der Waals surface area (Å²) in [6.07, 6.45) is 2.59. The molecule has 0 radical (unpaired) electrons. The second-order valence-corrected chi connectivity index (χ2v) is 4.63. The number of hydrogen-bond donors (Lipinski definition) is 2. The molecule has 1 aliphatic rings. The Morgan fingerprint density at radius 3 is 3.15 bits per heavy atom. The molecule has 6 nitrogen and oxygen atoms in total. The van der Waals surface area contributed by atoms with Gasteiger partial charge in [0.05, 0.1) is 25.9 Å². The lowest BCUT2D eigenvalue weighted by Crippen LogP contribution is -2.39. The Hall–Kier alpha value is -1.66. The molecule has 2 N–H and O–H groups in total. The first-order chi connectivity index (χ1) is 9.79. The Labute approximate surface area is 118 Å². The standard InChI is InChI=1S/C14H21N3O3/c1-2-4-15-11-3-5-16-13(8-11)14(18)17-9-12-10-19-6-7-20-12/h3,5,8,12H,2,4,6-7,9-10H2,1H3,(H,15,16)(H,17,18). The molecule has 1 fully saturated rings. The lowest BCUT2D eigenvalue weighted by atomic mass is 10.2. The van der Waals surface area contributed by atoms with Gasteiger partial charge < -0.3 is 20.1 Å². The number of nitrogens with zero attached hydrogens (tertiary/aromatic N) is 1. The first-order valence-electron chi connectivity index (χ1n) is 6.97. The maximum Gasteiger partial charge on any atom is 0.270 e. The van der Waals surface area contributed by atoms with Crippen LogP contribution in [0.2, 0.25) is 0 Å². The van der Waals surface area contributed by atoms with Crippen molar-refractivity contribution in [3.63, 3.8) is 0 Å². The van der Waals surface area contributed by atoms with E-state index in [4.69, 9.17) is 9.47 Å². The third kappa shape index (κ3) is 4.47. The van der Waals surface area contributed by atoms with Gasteiger partial charge in [0.15, 0.2) is 0 Å². The molecule has 1 atom stereocenters. The molecule has 2 heterocycles. The Bertz CT molecular complexity index is 433. The zero-order valence-electron chi connectivity index (χ0n) is 11.7. The molecule has 0 spiro atoms. The molecule has 0 bridgehead atoms. The maximum atomic E-state index is 12.0. The molecule has 1 unspecified atom stereocenters. The minimum absolute atomic E-state index is 0.0749. The number of amides is 1. The van der Waals surface area contributed by atoms with Gasteiger partial charge >= 0.3 is 0 Å². The zero-order valence-corrected chi connectivity index (χ0v) is 11.7. The van der Waals surface area contributed by atoms with Crippen molar-refractivity contribution in [1.29, 1.82) is 0 Å². The molecule has 0 saturated carbocycles. The van der Waals surface area contributed by atoms with Crippen LogP contribution in [0.3, 0.4) is 0 Å². The SMILES string of the molecule is CCCNc1ccnc(C(=O)NCC2COCCO2)c1. The van der Waals surface area contributed by atoms with Crippen molar-refractivity contribution in [1.82, 2.24) is 10.3 Å². The highest BCUT2D eigenvalue weighted by Gasteiger charge is 2.16. The van der Waals surface area contributed by atoms with E-state index in [1.54, 1.807) is 12.3 Å². The van der Waals surface area contributed by atoms with E-state index in [2.05, 4.69) is 22.5 Å². The first-order valence-corrected chi connectivity index (χ1v) is 6.97. The van der Waals surface area contributed by atoms with Crippen LogP contribution < -0.4 is 10.6 Å². The summed E-state index contributed by atoms with van der Waals surface area (Å²) >= 11 is 0. The summed E-state index contributed by atoms with van der Waals surface area (Å²) in [5, 5.41) is 6.05. The normalized spacial score (nSPS) is 18.6. The topological polar surface area (TPSA) is 72.5 Å². The molecule has 6 heteroatoms. The van der Waals surface area contributed by atoms with Gasteiger partial charge in [-0.1, -0.05) is 6.92 Å². The molecule has 20 heavy (non-hydrogen) atoms. The summed E-state index contributed by atoms with van der Waals surface area (Å²) in [5.74, 6) is -0.195. The highest BCUT2D eigenvalue weighted by Crippen LogP contribution is 2.08. The smallest absolute Gasteiger partial charge is 0.270 e. The quantitative estimate of drug-likeness (QED) is 0.814. The predicted octanol–water partition coefficient (Wildman–Crippen LogP) is 1.05. The number of carbonyl (C=O) groups is 1. The van der Waals surface area contributed by atoms with Crippen LogP contribution in [-0.4, -0.2) is 49.9 Å². The zero-order chi connectivity index (χ0) is 14.2. The van der Waals surface area contributed by atoms with Gasteiger partial charge in [0, 0.05) is 25.0 Å². The highest BCUT2D eigenvalue weighted by atomic mass is 16.6. The molecular formula is C14H21N3O3. The van der Waals surface area contributed by atoms with E-state index in [0.29, 0.717) is 32.1 Å². The minimum Gasteiger partial charge on any atom is -0.385 e. The summed E-state index contributed by atoms with van der Waals surface area (Å²) in [6.45, 7) is 5.12. The van der Waals surface area contributed by atoms with Gasteiger partial charge in [0.25, 0.3) is 5.91 Å². The van der Waals surface area contributed by atoms with Crippen molar-refractivity contribution < 1.29 is 14.3 Å². The third-order valence-electron chi connectivity index (χ3n) is 2.95. The molecule has 1 saturated heterocycles. The van der Waals surface area contributed by atoms with E-state index in [-0.39, 0.29) is 12.0 Å². The van der Waals surface area contributed by atoms with Crippen molar-refractivity contribution in [2.75, 3.05) is 38.2 Å². The van der Waals surface area contributed by atoms with Gasteiger partial charge in [-0.05, 0) is 18.6 Å². The summed E-state index contributed by atoms with van der Waals surface area (Å²) in [5.41, 5.74) is 1.31. The first kappa shape index (κ1) is 14.7. The van der Waals surface area contributed by atoms with Crippen LogP contribution in [0.5, 0.6) is 0 Å². The molecule has 0 aromatic carbocycles. The molecule has 1 aromatic rings. The van der Waals surface area contributed by atoms with Crippen LogP contribution in [-0.2, 0) is 9.47 Å². The lowest BCUT2D eigenvalue weighted by Gasteiger charge is -2.22. The van der Waals surface area contributed by atoms with Crippen LogP contribution >= 0.6 is 0 Å². The average molecular weight is 279 g/mol. The second-order valence-electron chi connectivity index (χ2n) is 4.63. The number of anilines is 1. The van der Waals surface area contributed by atoms with Gasteiger partial charge in [0.1, 0.15) is 5.69 Å². The van der Waals surface area contributed by atoms with E-state index < -0.39 is 0 Å². The van der Waals surface area contributed by atoms with Crippen LogP contribution in [0.15, 0.2) is 18.3 Å². The van der Waals surface area contributed by atoms with Crippen molar-refractivity contribution in [2.24, 2.45) is 0 Å². The highest BCUT2D eigenvalue weighted by molar-refractivity contribution is 5.93. The Morgan fingerprint density at radius 1 is 1.50 bits per heavy atom. The summed E-state index contributed by atoms with van der Waals surface area (Å²) < 4.78 is 10.8. The summed E-state index contributed by atoms with van der Waals surface area (Å²) in [6, 6.07) is 3.60. The molecule has 1 aromatic heterocycles. The fourth-order valence-corrected chi connectivity index (χ4v) is 1.89. The fraction of sp³-hybridized carbons (Fsp3) is 0.571. The van der Waals surface area contributed by atoms with E-state index >= 15 is 0 Å². The third-order valence-corrected chi connectivity index (χ3v) is 2.95. The van der Waals surface area contributed by atoms with E-state index in [0.717, 1.165) is 18.7 Å². The molecule has 0 aliphatic carbocycles.